The zero-order valence-electron chi connectivity index (χ0n) is 12.2. The average Bonchev–Trinajstić information content (AvgIpc) is 2.44. The minimum Gasteiger partial charge on any atom is -0.494 e. The van der Waals surface area contributed by atoms with Crippen LogP contribution in [0.3, 0.4) is 0 Å². The van der Waals surface area contributed by atoms with Gasteiger partial charge in [-0.1, -0.05) is 41.9 Å². The first kappa shape index (κ1) is 19.3. The third-order valence-corrected chi connectivity index (χ3v) is 2.86. The van der Waals surface area contributed by atoms with E-state index in [1.165, 1.54) is 13.2 Å². The predicted octanol–water partition coefficient (Wildman–Crippen LogP) is 4.74. The van der Waals surface area contributed by atoms with Crippen LogP contribution in [-0.2, 0) is 14.2 Å². The lowest BCUT2D eigenvalue weighted by Crippen LogP contribution is -2.13. The molecule has 0 N–H and O–H groups in total. The first-order chi connectivity index (χ1) is 9.60. The van der Waals surface area contributed by atoms with Gasteiger partial charge in [0.25, 0.3) is 0 Å². The molecule has 0 fully saturated rings. The summed E-state index contributed by atoms with van der Waals surface area (Å²) in [6, 6.07) is 0. The Labute approximate surface area is 131 Å². The topological polar surface area (TPSA) is 27.7 Å². The normalized spacial score (nSPS) is 13.8. The van der Waals surface area contributed by atoms with E-state index in [1.807, 2.05) is 26.0 Å². The second kappa shape index (κ2) is 12.0. The molecule has 0 heterocycles. The van der Waals surface area contributed by atoms with Crippen LogP contribution in [0.1, 0.15) is 20.3 Å². The summed E-state index contributed by atoms with van der Waals surface area (Å²) < 4.78 is 15.9. The van der Waals surface area contributed by atoms with Crippen LogP contribution in [0.15, 0.2) is 46.7 Å². The number of rotatable bonds is 10. The minimum absolute atomic E-state index is 0.327. The number of ether oxygens (including phenoxy) is 3. The van der Waals surface area contributed by atoms with E-state index in [0.29, 0.717) is 35.5 Å². The van der Waals surface area contributed by atoms with E-state index in [1.54, 1.807) is 6.08 Å². The molecule has 0 aliphatic heterocycles. The lowest BCUT2D eigenvalue weighted by molar-refractivity contribution is -0.104. The van der Waals surface area contributed by atoms with Crippen molar-refractivity contribution >= 4 is 23.2 Å². The van der Waals surface area contributed by atoms with Gasteiger partial charge in [0.1, 0.15) is 0 Å². The molecule has 0 rings (SSSR count). The Bertz CT molecular complexity index is 367. The molecule has 0 saturated heterocycles. The van der Waals surface area contributed by atoms with Crippen LogP contribution in [0.25, 0.3) is 0 Å². The fourth-order valence-corrected chi connectivity index (χ4v) is 1.84. The highest BCUT2D eigenvalue weighted by Gasteiger charge is 2.06. The van der Waals surface area contributed by atoms with Gasteiger partial charge in [-0.15, -0.1) is 0 Å². The molecule has 0 atom stereocenters. The van der Waals surface area contributed by atoms with Crippen molar-refractivity contribution in [3.05, 3.63) is 46.7 Å². The van der Waals surface area contributed by atoms with Crippen molar-refractivity contribution in [1.82, 2.24) is 0 Å². The van der Waals surface area contributed by atoms with E-state index in [9.17, 15) is 0 Å². The van der Waals surface area contributed by atoms with Crippen LogP contribution in [-0.4, -0.2) is 26.6 Å². The molecule has 0 radical (unpaired) electrons. The van der Waals surface area contributed by atoms with E-state index in [0.717, 1.165) is 0 Å². The second-order valence-electron chi connectivity index (χ2n) is 3.58. The van der Waals surface area contributed by atoms with Crippen molar-refractivity contribution < 1.29 is 14.2 Å². The van der Waals surface area contributed by atoms with Crippen LogP contribution in [0.4, 0.5) is 0 Å². The van der Waals surface area contributed by atoms with Crippen molar-refractivity contribution in [2.75, 3.05) is 20.3 Å². The highest BCUT2D eigenvalue weighted by atomic mass is 35.5. The Kier molecular flexibility index (Phi) is 11.6. The molecule has 0 aromatic carbocycles. The number of hydrogen-bond acceptors (Lipinski definition) is 3. The van der Waals surface area contributed by atoms with Crippen LogP contribution in [0.5, 0.6) is 0 Å². The number of hydrogen-bond donors (Lipinski definition) is 0. The molecule has 0 aromatic heterocycles. The molecule has 0 amide bonds. The van der Waals surface area contributed by atoms with Crippen LogP contribution in [0, 0.1) is 0 Å². The standard InChI is InChI=1S/C15H22Cl2O3/c1-5-12(16)15(18-4)13(17)10-8-9-11-14(19-6-2)20-7-3/h5,9-11,14H,1,6-8H2,2-4H3/b11-9+,13-10+,15-12-. The minimum atomic E-state index is -0.327. The highest BCUT2D eigenvalue weighted by molar-refractivity contribution is 6.36. The fraction of sp³-hybridized carbons (Fsp3) is 0.467. The maximum absolute atomic E-state index is 6.11. The lowest BCUT2D eigenvalue weighted by atomic mass is 10.3. The molecular weight excluding hydrogens is 299 g/mol. The van der Waals surface area contributed by atoms with Crippen molar-refractivity contribution in [3.8, 4) is 0 Å². The summed E-state index contributed by atoms with van der Waals surface area (Å²) in [5.74, 6) is 0.405. The van der Waals surface area contributed by atoms with Crippen LogP contribution in [0.2, 0.25) is 0 Å². The molecule has 20 heavy (non-hydrogen) atoms. The first-order valence-electron chi connectivity index (χ1n) is 6.42. The molecule has 0 spiro atoms. The van der Waals surface area contributed by atoms with Crippen molar-refractivity contribution in [1.29, 1.82) is 0 Å². The zero-order valence-corrected chi connectivity index (χ0v) is 13.7. The molecule has 0 aliphatic carbocycles. The third-order valence-electron chi connectivity index (χ3n) is 2.21. The molecule has 114 valence electrons. The highest BCUT2D eigenvalue weighted by Crippen LogP contribution is 2.23. The number of halogens is 2. The van der Waals surface area contributed by atoms with Gasteiger partial charge in [0.2, 0.25) is 0 Å². The van der Waals surface area contributed by atoms with Gasteiger partial charge in [0.05, 0.1) is 17.2 Å². The van der Waals surface area contributed by atoms with Gasteiger partial charge in [-0.25, -0.2) is 0 Å². The maximum atomic E-state index is 6.11. The molecule has 5 heteroatoms. The Balaban J connectivity index is 4.58. The van der Waals surface area contributed by atoms with Gasteiger partial charge >= 0.3 is 0 Å². The van der Waals surface area contributed by atoms with E-state index < -0.39 is 0 Å². The predicted molar refractivity (Wildman–Crippen MR) is 84.8 cm³/mol. The lowest BCUT2D eigenvalue weighted by Gasteiger charge is -2.12. The summed E-state index contributed by atoms with van der Waals surface area (Å²) in [6.45, 7) is 8.60. The van der Waals surface area contributed by atoms with E-state index in [-0.39, 0.29) is 6.29 Å². The molecule has 0 saturated carbocycles. The quantitative estimate of drug-likeness (QED) is 0.252. The summed E-state index contributed by atoms with van der Waals surface area (Å²) in [4.78, 5) is 0. The molecular formula is C15H22Cl2O3. The summed E-state index contributed by atoms with van der Waals surface area (Å²) in [6.07, 6.45) is 7.31. The van der Waals surface area contributed by atoms with Gasteiger partial charge in [0.15, 0.2) is 12.0 Å². The second-order valence-corrected chi connectivity index (χ2v) is 4.39. The zero-order chi connectivity index (χ0) is 15.4. The van der Waals surface area contributed by atoms with Crippen LogP contribution >= 0.6 is 23.2 Å². The smallest absolute Gasteiger partial charge is 0.176 e. The molecule has 0 unspecified atom stereocenters. The molecule has 0 aliphatic rings. The fourth-order valence-electron chi connectivity index (χ4n) is 1.34. The van der Waals surface area contributed by atoms with E-state index in [4.69, 9.17) is 37.4 Å². The Morgan fingerprint density at radius 3 is 2.25 bits per heavy atom. The first-order valence-corrected chi connectivity index (χ1v) is 7.18. The maximum Gasteiger partial charge on any atom is 0.176 e. The Morgan fingerprint density at radius 2 is 1.80 bits per heavy atom. The van der Waals surface area contributed by atoms with Gasteiger partial charge in [-0.2, -0.15) is 0 Å². The number of methoxy groups -OCH3 is 1. The van der Waals surface area contributed by atoms with Gasteiger partial charge in [-0.05, 0) is 32.4 Å². The summed E-state index contributed by atoms with van der Waals surface area (Å²) in [5.41, 5.74) is 0. The summed E-state index contributed by atoms with van der Waals surface area (Å²) >= 11 is 12.0. The van der Waals surface area contributed by atoms with E-state index in [2.05, 4.69) is 6.58 Å². The third kappa shape index (κ3) is 7.75. The van der Waals surface area contributed by atoms with Crippen LogP contribution < -0.4 is 0 Å². The van der Waals surface area contributed by atoms with Gasteiger partial charge < -0.3 is 14.2 Å². The monoisotopic (exact) mass is 320 g/mol. The Morgan fingerprint density at radius 1 is 1.20 bits per heavy atom. The SMILES string of the molecule is C=C/C(Cl)=C(OC)\C(Cl)=C/C/C=C/C(OCC)OCC. The summed E-state index contributed by atoms with van der Waals surface area (Å²) in [5, 5.41) is 0.811. The number of allylic oxidation sites excluding steroid dienone is 5. The molecule has 3 nitrogen and oxygen atoms in total. The van der Waals surface area contributed by atoms with E-state index >= 15 is 0 Å². The van der Waals surface area contributed by atoms with Gasteiger partial charge in [0, 0.05) is 13.2 Å². The van der Waals surface area contributed by atoms with Crippen molar-refractivity contribution in [3.63, 3.8) is 0 Å². The van der Waals surface area contributed by atoms with Crippen molar-refractivity contribution in [2.24, 2.45) is 0 Å². The summed E-state index contributed by atoms with van der Waals surface area (Å²) in [7, 11) is 1.51. The largest absolute Gasteiger partial charge is 0.494 e. The van der Waals surface area contributed by atoms with Gasteiger partial charge in [-0.3, -0.25) is 0 Å². The van der Waals surface area contributed by atoms with Crippen molar-refractivity contribution in [2.45, 2.75) is 26.6 Å². The molecule has 0 aromatic rings. The molecule has 0 bridgehead atoms. The average molecular weight is 321 g/mol. The Hall–Kier alpha value is -0.740.